The highest BCUT2D eigenvalue weighted by molar-refractivity contribution is 6.01. The van der Waals surface area contributed by atoms with E-state index in [2.05, 4.69) is 5.32 Å². The number of nitrogens with one attached hydrogen (secondary N) is 1. The quantitative estimate of drug-likeness (QED) is 0.443. The van der Waals surface area contributed by atoms with Crippen molar-refractivity contribution in [3.8, 4) is 0 Å². The highest BCUT2D eigenvalue weighted by Gasteiger charge is 2.15. The lowest BCUT2D eigenvalue weighted by Crippen LogP contribution is -2.22. The summed E-state index contributed by atoms with van der Waals surface area (Å²) >= 11 is 0. The Balaban J connectivity index is 0. The first-order valence-electron chi connectivity index (χ1n) is 12.3. The Kier molecular flexibility index (Phi) is 17.6. The van der Waals surface area contributed by atoms with Crippen molar-refractivity contribution < 1.29 is 20.5 Å². The normalized spacial score (nSPS) is 13.3. The van der Waals surface area contributed by atoms with E-state index < -0.39 is 5.97 Å². The fourth-order valence-corrected chi connectivity index (χ4v) is 2.74. The molecule has 0 bridgehead atoms. The Labute approximate surface area is 212 Å². The number of hydrogen-bond donors (Lipinski definition) is 1. The zero-order valence-corrected chi connectivity index (χ0v) is 21.8. The molecule has 0 spiro atoms. The van der Waals surface area contributed by atoms with Crippen LogP contribution in [0.1, 0.15) is 66.2 Å². The molecule has 0 saturated heterocycles. The largest absolute Gasteiger partial charge is 0.454 e. The predicted molar refractivity (Wildman–Crippen MR) is 147 cm³/mol. The summed E-state index contributed by atoms with van der Waals surface area (Å²) in [6, 6.07) is 8.80. The van der Waals surface area contributed by atoms with Gasteiger partial charge in [0, 0.05) is 18.3 Å². The summed E-state index contributed by atoms with van der Waals surface area (Å²) in [6.45, 7) is 11.7. The van der Waals surface area contributed by atoms with Crippen molar-refractivity contribution in [2.24, 2.45) is 0 Å². The number of rotatable bonds is 6. The summed E-state index contributed by atoms with van der Waals surface area (Å²) in [5.74, 6) is -1.15. The number of allylic oxidation sites excluding steroid dienone is 8. The van der Waals surface area contributed by atoms with Gasteiger partial charge in [-0.15, -0.1) is 0 Å². The predicted octanol–water partition coefficient (Wildman–Crippen LogP) is 7.07. The first kappa shape index (κ1) is 31.3. The molecule has 0 radical (unpaired) electrons. The minimum absolute atomic E-state index is 0. The van der Waals surface area contributed by atoms with Crippen molar-refractivity contribution >= 4 is 17.7 Å². The van der Waals surface area contributed by atoms with Crippen LogP contribution in [0.15, 0.2) is 102 Å². The number of benzene rings is 1. The van der Waals surface area contributed by atoms with Gasteiger partial charge in [0.15, 0.2) is 12.4 Å². The standard InChI is InChI=1S/C24H21NO4.3C2H6.H2/c26-22(18-10-4-1-2-5-11-18)17-29-24(28)20-14-8-9-15-21(16-20)25-23(27)19-12-6-3-7-13-19;3*1-2;/h1,3-7,9-16H,2,8,17H2,(H,25,27);3*1-2H3;1H. The smallest absolute Gasteiger partial charge is 0.338 e. The summed E-state index contributed by atoms with van der Waals surface area (Å²) in [6.07, 6.45) is 17.1. The van der Waals surface area contributed by atoms with Crippen molar-refractivity contribution in [3.05, 3.63) is 107 Å². The molecule has 0 aliphatic heterocycles. The third kappa shape index (κ3) is 11.8. The van der Waals surface area contributed by atoms with E-state index in [9.17, 15) is 14.4 Å². The Bertz CT molecular complexity index is 983. The van der Waals surface area contributed by atoms with Gasteiger partial charge in [0.05, 0.1) is 5.57 Å². The topological polar surface area (TPSA) is 72.5 Å². The van der Waals surface area contributed by atoms with E-state index in [0.29, 0.717) is 23.3 Å². The molecule has 0 fully saturated rings. The van der Waals surface area contributed by atoms with Gasteiger partial charge in [0.1, 0.15) is 0 Å². The van der Waals surface area contributed by atoms with E-state index in [4.69, 9.17) is 4.74 Å². The van der Waals surface area contributed by atoms with Gasteiger partial charge < -0.3 is 10.1 Å². The molecule has 0 unspecified atom stereocenters. The summed E-state index contributed by atoms with van der Waals surface area (Å²) in [4.78, 5) is 37.0. The van der Waals surface area contributed by atoms with Crippen molar-refractivity contribution in [1.29, 1.82) is 0 Å². The third-order valence-electron chi connectivity index (χ3n) is 4.25. The van der Waals surface area contributed by atoms with Crippen LogP contribution in [0.4, 0.5) is 0 Å². The van der Waals surface area contributed by atoms with E-state index in [-0.39, 0.29) is 25.3 Å². The van der Waals surface area contributed by atoms with Gasteiger partial charge in [-0.3, -0.25) is 9.59 Å². The van der Waals surface area contributed by atoms with E-state index in [1.54, 1.807) is 60.7 Å². The second-order valence-electron chi connectivity index (χ2n) is 6.40. The number of carbonyl (C=O) groups excluding carboxylic acids is 3. The lowest BCUT2D eigenvalue weighted by Gasteiger charge is -2.08. The molecule has 2 aliphatic carbocycles. The van der Waals surface area contributed by atoms with Crippen LogP contribution >= 0.6 is 0 Å². The fourth-order valence-electron chi connectivity index (χ4n) is 2.74. The molecule has 0 aromatic heterocycles. The van der Waals surface area contributed by atoms with Gasteiger partial charge >= 0.3 is 5.97 Å². The lowest BCUT2D eigenvalue weighted by molar-refractivity contribution is -0.142. The molecular formula is C30H41NO4. The molecule has 1 N–H and O–H groups in total. The second-order valence-corrected chi connectivity index (χ2v) is 6.40. The van der Waals surface area contributed by atoms with Crippen LogP contribution in [0.3, 0.4) is 0 Å². The van der Waals surface area contributed by atoms with Gasteiger partial charge in [-0.1, -0.05) is 102 Å². The van der Waals surface area contributed by atoms with Crippen LogP contribution in [0, 0.1) is 0 Å². The number of esters is 1. The van der Waals surface area contributed by atoms with E-state index in [1.165, 1.54) is 0 Å². The summed E-state index contributed by atoms with van der Waals surface area (Å²) in [7, 11) is 0. The van der Waals surface area contributed by atoms with Crippen LogP contribution in [0.2, 0.25) is 0 Å². The molecule has 190 valence electrons. The molecule has 0 heterocycles. The Morgan fingerprint density at radius 1 is 0.857 bits per heavy atom. The molecular weight excluding hydrogens is 438 g/mol. The van der Waals surface area contributed by atoms with Gasteiger partial charge in [-0.25, -0.2) is 4.79 Å². The van der Waals surface area contributed by atoms with Crippen LogP contribution in [0.25, 0.3) is 0 Å². The summed E-state index contributed by atoms with van der Waals surface area (Å²) < 4.78 is 5.19. The minimum atomic E-state index is -0.609. The zero-order valence-electron chi connectivity index (χ0n) is 21.8. The van der Waals surface area contributed by atoms with Gasteiger partial charge in [0.25, 0.3) is 5.91 Å². The van der Waals surface area contributed by atoms with E-state index in [0.717, 1.165) is 6.42 Å². The first-order chi connectivity index (χ1) is 17.1. The molecule has 0 saturated carbocycles. The molecule has 1 amide bonds. The highest BCUT2D eigenvalue weighted by Crippen LogP contribution is 2.13. The Morgan fingerprint density at radius 3 is 2.20 bits per heavy atom. The molecule has 35 heavy (non-hydrogen) atoms. The zero-order chi connectivity index (χ0) is 26.5. The summed E-state index contributed by atoms with van der Waals surface area (Å²) in [5.41, 5.74) is 1.78. The molecule has 1 aromatic rings. The van der Waals surface area contributed by atoms with Crippen molar-refractivity contribution in [2.75, 3.05) is 6.61 Å². The maximum Gasteiger partial charge on any atom is 0.338 e. The van der Waals surface area contributed by atoms with Crippen LogP contribution in [-0.2, 0) is 14.3 Å². The van der Waals surface area contributed by atoms with Gasteiger partial charge in [0.2, 0.25) is 0 Å². The third-order valence-corrected chi connectivity index (χ3v) is 4.25. The number of carbonyl (C=O) groups is 3. The maximum absolute atomic E-state index is 12.4. The average Bonchev–Trinajstić information content (AvgIpc) is 3.35. The second kappa shape index (κ2) is 19.7. The molecule has 2 aliphatic rings. The Morgan fingerprint density at radius 2 is 1.51 bits per heavy atom. The monoisotopic (exact) mass is 479 g/mol. The van der Waals surface area contributed by atoms with Crippen molar-refractivity contribution in [2.45, 2.75) is 54.4 Å². The van der Waals surface area contributed by atoms with Gasteiger partial charge in [-0.05, 0) is 37.1 Å². The summed E-state index contributed by atoms with van der Waals surface area (Å²) in [5, 5.41) is 2.78. The van der Waals surface area contributed by atoms with Crippen LogP contribution in [-0.4, -0.2) is 24.3 Å². The lowest BCUT2D eigenvalue weighted by atomic mass is 10.1. The van der Waals surface area contributed by atoms with E-state index in [1.807, 2.05) is 65.8 Å². The first-order valence-corrected chi connectivity index (χ1v) is 12.3. The van der Waals surface area contributed by atoms with Crippen molar-refractivity contribution in [3.63, 3.8) is 0 Å². The Hall–Kier alpha value is -3.73. The fraction of sp³-hybridized carbons (Fsp3) is 0.300. The molecule has 1 aromatic carbocycles. The molecule has 3 rings (SSSR count). The minimum Gasteiger partial charge on any atom is -0.454 e. The van der Waals surface area contributed by atoms with Crippen molar-refractivity contribution in [1.82, 2.24) is 5.32 Å². The number of amides is 1. The number of hydrogen-bond acceptors (Lipinski definition) is 4. The van der Waals surface area contributed by atoms with Gasteiger partial charge in [-0.2, -0.15) is 0 Å². The van der Waals surface area contributed by atoms with Crippen LogP contribution in [0.5, 0.6) is 0 Å². The molecule has 5 nitrogen and oxygen atoms in total. The number of ketones is 1. The van der Waals surface area contributed by atoms with Crippen LogP contribution < -0.4 is 5.32 Å². The SMILES string of the molecule is CC.CC.CC.O=C(COC(=O)C1=CCC=CC(NC(=O)c2ccccc2)=C1)C1=CC=CCC=C1.[HH]. The highest BCUT2D eigenvalue weighted by atomic mass is 16.5. The van der Waals surface area contributed by atoms with E-state index >= 15 is 0 Å². The molecule has 5 heteroatoms. The average molecular weight is 480 g/mol. The maximum atomic E-state index is 12.4. The molecule has 0 atom stereocenters. The number of ether oxygens (including phenoxy) is 1. The number of Topliss-reactive ketones (excluding diaryl/α,β-unsaturated/α-hetero) is 1.